The molecule has 38 heavy (non-hydrogen) atoms. The van der Waals surface area contributed by atoms with Crippen LogP contribution in [0.1, 0.15) is 47.1 Å². The summed E-state index contributed by atoms with van der Waals surface area (Å²) >= 11 is 0. The van der Waals surface area contributed by atoms with E-state index in [-0.39, 0.29) is 24.2 Å². The number of aliphatic hydroxyl groups excluding tert-OH is 1. The van der Waals surface area contributed by atoms with E-state index in [1.807, 2.05) is 6.92 Å². The fourth-order valence-corrected chi connectivity index (χ4v) is 4.13. The summed E-state index contributed by atoms with van der Waals surface area (Å²) in [6, 6.07) is 6.92. The van der Waals surface area contributed by atoms with Crippen molar-refractivity contribution in [3.05, 3.63) is 64.8 Å². The van der Waals surface area contributed by atoms with E-state index in [0.717, 1.165) is 24.0 Å². The molecule has 4 heterocycles. The number of amidine groups is 1. The van der Waals surface area contributed by atoms with Gasteiger partial charge in [0.1, 0.15) is 17.2 Å². The Balaban J connectivity index is 1.27. The number of anilines is 1. The molecular formula is C25H30N10O3. The highest BCUT2D eigenvalue weighted by molar-refractivity contribution is 6.12. The van der Waals surface area contributed by atoms with E-state index in [9.17, 15) is 14.7 Å². The van der Waals surface area contributed by atoms with E-state index in [2.05, 4.69) is 36.4 Å². The van der Waals surface area contributed by atoms with Crippen LogP contribution < -0.4 is 22.1 Å². The number of hydrazine groups is 2. The van der Waals surface area contributed by atoms with E-state index in [1.165, 1.54) is 6.20 Å². The molecule has 13 nitrogen and oxygen atoms in total. The number of carbonyl (C=O) groups excluding carboxylic acids is 2. The number of hydrogen-bond donors (Lipinski definition) is 5. The highest BCUT2D eigenvalue weighted by atomic mass is 16.3. The van der Waals surface area contributed by atoms with Crippen LogP contribution in [0.4, 0.5) is 5.82 Å². The average molecular weight is 519 g/mol. The van der Waals surface area contributed by atoms with Gasteiger partial charge in [-0.1, -0.05) is 6.07 Å². The number of amides is 2. The number of nitrogens with two attached hydrogens (primary N) is 1. The van der Waals surface area contributed by atoms with Crippen molar-refractivity contribution < 1.29 is 14.7 Å². The molecular weight excluding hydrogens is 488 g/mol. The van der Waals surface area contributed by atoms with E-state index < -0.39 is 5.91 Å². The highest BCUT2D eigenvalue weighted by Gasteiger charge is 2.27. The molecule has 5 rings (SSSR count). The predicted octanol–water partition coefficient (Wildman–Crippen LogP) is 0.0566. The van der Waals surface area contributed by atoms with Crippen molar-refractivity contribution in [3.63, 3.8) is 0 Å². The van der Waals surface area contributed by atoms with E-state index in [0.29, 0.717) is 48.5 Å². The Bertz CT molecular complexity index is 1320. The van der Waals surface area contributed by atoms with Gasteiger partial charge < -0.3 is 21.1 Å². The van der Waals surface area contributed by atoms with Crippen LogP contribution in [0.3, 0.4) is 0 Å². The molecule has 2 aromatic rings. The normalized spacial score (nSPS) is 18.2. The molecule has 1 unspecified atom stereocenters. The smallest absolute Gasteiger partial charge is 0.275 e. The maximum atomic E-state index is 13.0. The van der Waals surface area contributed by atoms with Gasteiger partial charge >= 0.3 is 0 Å². The third kappa shape index (κ3) is 5.48. The monoisotopic (exact) mass is 518 g/mol. The van der Waals surface area contributed by atoms with Crippen molar-refractivity contribution in [3.8, 4) is 0 Å². The molecule has 0 saturated heterocycles. The fourth-order valence-electron chi connectivity index (χ4n) is 4.13. The molecule has 6 N–H and O–H groups in total. The molecule has 2 amide bonds. The molecule has 13 heteroatoms. The first-order chi connectivity index (χ1) is 18.5. The van der Waals surface area contributed by atoms with Gasteiger partial charge in [0.2, 0.25) is 0 Å². The zero-order chi connectivity index (χ0) is 26.6. The third-order valence-electron chi connectivity index (χ3n) is 6.50. The van der Waals surface area contributed by atoms with E-state index in [4.69, 9.17) is 5.73 Å². The Hall–Kier alpha value is -4.36. The van der Waals surface area contributed by atoms with Crippen LogP contribution in [0.15, 0.2) is 52.3 Å². The van der Waals surface area contributed by atoms with Gasteiger partial charge in [-0.2, -0.15) is 0 Å². The number of pyridine rings is 2. The maximum Gasteiger partial charge on any atom is 0.275 e. The molecule has 0 aromatic carbocycles. The van der Waals surface area contributed by atoms with Crippen LogP contribution in [-0.4, -0.2) is 74.1 Å². The molecule has 1 atom stereocenters. The second kappa shape index (κ2) is 10.9. The lowest BCUT2D eigenvalue weighted by Gasteiger charge is -2.29. The first-order valence-electron chi connectivity index (χ1n) is 12.5. The lowest BCUT2D eigenvalue weighted by Crippen LogP contribution is -2.48. The number of nitrogens with one attached hydrogen (secondary N) is 3. The number of aliphatic hydroxyl groups is 1. The molecule has 2 aliphatic heterocycles. The quantitative estimate of drug-likeness (QED) is 0.239. The largest absolute Gasteiger partial charge is 0.404 e. The molecule has 0 bridgehead atoms. The Kier molecular flexibility index (Phi) is 7.29. The highest BCUT2D eigenvalue weighted by Crippen LogP contribution is 2.24. The number of aromatic nitrogens is 2. The number of aliphatic imine (C=N–C) groups is 1. The molecule has 0 spiro atoms. The van der Waals surface area contributed by atoms with Crippen LogP contribution in [-0.2, 0) is 17.8 Å². The summed E-state index contributed by atoms with van der Waals surface area (Å²) in [5, 5.41) is 18.1. The number of carbonyl (C=O) groups is 2. The number of hydrazone groups is 1. The second-order valence-electron chi connectivity index (χ2n) is 9.37. The van der Waals surface area contributed by atoms with Crippen LogP contribution in [0.5, 0.6) is 0 Å². The first kappa shape index (κ1) is 25.3. The standard InChI is InChI=1S/C25H30N10O3/c1-15(14-36)35-23(31-32-33-35)20-3-2-4-22(29-20)30-24(37)21-9-17-13-34(8-7-16(17)11-28-21)25(38)18(10-26)12-27-19-5-6-19/h2-4,9-12,15,19,32-33,36H,5-8,13-14,26H2,1H3,(H,29,30,37)/b18-10+,27-12?. The number of hydrogen-bond acceptors (Lipinski definition) is 11. The fraction of sp³-hybridized carbons (Fsp3) is 0.360. The van der Waals surface area contributed by atoms with Crippen molar-refractivity contribution in [1.82, 2.24) is 30.9 Å². The van der Waals surface area contributed by atoms with Gasteiger partial charge in [-0.3, -0.25) is 24.6 Å². The lowest BCUT2D eigenvalue weighted by molar-refractivity contribution is -0.127. The number of nitrogens with zero attached hydrogens (tertiary/aromatic N) is 6. The number of rotatable bonds is 8. The minimum absolute atomic E-state index is 0.0883. The zero-order valence-corrected chi connectivity index (χ0v) is 21.0. The van der Waals surface area contributed by atoms with E-state index >= 15 is 0 Å². The SMILES string of the molecule is CC(CO)N1NNN=C1c1cccc(NC(=O)c2cc3c(cn2)CCN(C(=O)/C(C=NC2CC2)=C/N)C3)n1. The summed E-state index contributed by atoms with van der Waals surface area (Å²) in [5.74, 6) is 0.190. The van der Waals surface area contributed by atoms with Gasteiger partial charge in [-0.05, 0) is 55.5 Å². The Labute approximate surface area is 219 Å². The maximum absolute atomic E-state index is 13.0. The molecule has 2 aromatic heterocycles. The predicted molar refractivity (Wildman–Crippen MR) is 141 cm³/mol. The molecule has 1 fully saturated rings. The molecule has 3 aliphatic rings. The first-order valence-corrected chi connectivity index (χ1v) is 12.5. The molecule has 1 aliphatic carbocycles. The van der Waals surface area contributed by atoms with Crippen molar-refractivity contribution >= 4 is 29.7 Å². The van der Waals surface area contributed by atoms with Crippen LogP contribution in [0.25, 0.3) is 0 Å². The van der Waals surface area contributed by atoms with Crippen LogP contribution >= 0.6 is 0 Å². The summed E-state index contributed by atoms with van der Waals surface area (Å²) in [6.07, 6.45) is 7.26. The summed E-state index contributed by atoms with van der Waals surface area (Å²) < 4.78 is 0. The summed E-state index contributed by atoms with van der Waals surface area (Å²) in [5.41, 5.74) is 14.1. The molecule has 198 valence electrons. The third-order valence-corrected chi connectivity index (χ3v) is 6.50. The zero-order valence-electron chi connectivity index (χ0n) is 21.0. The Morgan fingerprint density at radius 3 is 2.95 bits per heavy atom. The minimum atomic E-state index is -0.426. The van der Waals surface area contributed by atoms with Crippen molar-refractivity contribution in [2.24, 2.45) is 15.8 Å². The van der Waals surface area contributed by atoms with Gasteiger partial charge in [-0.25, -0.2) is 10.5 Å². The molecule has 1 saturated carbocycles. The van der Waals surface area contributed by atoms with Crippen molar-refractivity contribution in [2.75, 3.05) is 18.5 Å². The number of fused-ring (bicyclic) bond motifs is 1. The summed E-state index contributed by atoms with van der Waals surface area (Å²) in [4.78, 5) is 41.0. The topological polar surface area (TPSA) is 173 Å². The second-order valence-corrected chi connectivity index (χ2v) is 9.37. The van der Waals surface area contributed by atoms with Gasteiger partial charge in [-0.15, -0.1) is 10.6 Å². The van der Waals surface area contributed by atoms with Gasteiger partial charge in [0.05, 0.1) is 24.3 Å². The lowest BCUT2D eigenvalue weighted by atomic mass is 10.0. The van der Waals surface area contributed by atoms with Gasteiger partial charge in [0, 0.05) is 31.7 Å². The van der Waals surface area contributed by atoms with Crippen LogP contribution in [0, 0.1) is 0 Å². The Morgan fingerprint density at radius 2 is 2.18 bits per heavy atom. The van der Waals surface area contributed by atoms with Gasteiger partial charge in [0.25, 0.3) is 11.8 Å². The Morgan fingerprint density at radius 1 is 1.34 bits per heavy atom. The van der Waals surface area contributed by atoms with Crippen molar-refractivity contribution in [1.29, 1.82) is 0 Å². The summed E-state index contributed by atoms with van der Waals surface area (Å²) in [7, 11) is 0. The van der Waals surface area contributed by atoms with Crippen molar-refractivity contribution in [2.45, 2.75) is 44.8 Å². The van der Waals surface area contributed by atoms with Gasteiger partial charge in [0.15, 0.2) is 5.84 Å². The molecule has 0 radical (unpaired) electrons. The average Bonchev–Trinajstić information content (AvgIpc) is 3.64. The van der Waals surface area contributed by atoms with Crippen LogP contribution in [0.2, 0.25) is 0 Å². The summed E-state index contributed by atoms with van der Waals surface area (Å²) in [6.45, 7) is 2.61. The van der Waals surface area contributed by atoms with E-state index in [1.54, 1.807) is 46.6 Å². The minimum Gasteiger partial charge on any atom is -0.404 e.